The molecule has 0 spiro atoms. The predicted octanol–water partition coefficient (Wildman–Crippen LogP) is 2.22. The highest BCUT2D eigenvalue weighted by molar-refractivity contribution is 5.92. The molecule has 1 saturated carbocycles. The first kappa shape index (κ1) is 13.8. The number of hydrogen-bond acceptors (Lipinski definition) is 4. The molecule has 0 unspecified atom stereocenters. The first-order valence-electron chi connectivity index (χ1n) is 7.02. The van der Waals surface area contributed by atoms with E-state index in [0.29, 0.717) is 23.5 Å². The molecule has 0 aliphatic heterocycles. The van der Waals surface area contributed by atoms with Crippen molar-refractivity contribution in [2.45, 2.75) is 45.6 Å². The third-order valence-electron chi connectivity index (χ3n) is 3.27. The van der Waals surface area contributed by atoms with E-state index < -0.39 is 0 Å². The van der Waals surface area contributed by atoms with E-state index in [-0.39, 0.29) is 5.91 Å². The molecule has 0 aromatic carbocycles. The molecule has 2 N–H and O–H groups in total. The number of aromatic nitrogens is 2. The summed E-state index contributed by atoms with van der Waals surface area (Å²) in [4.78, 5) is 20.3. The monoisotopic (exact) mass is 262 g/mol. The summed E-state index contributed by atoms with van der Waals surface area (Å²) < 4.78 is 0. The Bertz CT molecular complexity index is 410. The average Bonchev–Trinajstić information content (AvgIpc) is 2.89. The highest BCUT2D eigenvalue weighted by Crippen LogP contribution is 2.17. The van der Waals surface area contributed by atoms with Gasteiger partial charge in [0.2, 0.25) is 0 Å². The number of carbonyl (C=O) groups is 1. The maximum absolute atomic E-state index is 11.9. The lowest BCUT2D eigenvalue weighted by Gasteiger charge is -2.11. The maximum atomic E-state index is 11.9. The van der Waals surface area contributed by atoms with Gasteiger partial charge in [-0.1, -0.05) is 26.7 Å². The molecule has 19 heavy (non-hydrogen) atoms. The van der Waals surface area contributed by atoms with Crippen LogP contribution in [0.25, 0.3) is 0 Å². The van der Waals surface area contributed by atoms with E-state index in [9.17, 15) is 4.79 Å². The Morgan fingerprint density at radius 3 is 2.63 bits per heavy atom. The summed E-state index contributed by atoms with van der Waals surface area (Å²) in [6.07, 6.45) is 7.71. The Kier molecular flexibility index (Phi) is 4.71. The summed E-state index contributed by atoms with van der Waals surface area (Å²) in [6.45, 7) is 5.11. The Labute approximate surface area is 114 Å². The van der Waals surface area contributed by atoms with Crippen LogP contribution in [0.15, 0.2) is 12.4 Å². The van der Waals surface area contributed by atoms with Gasteiger partial charge in [0.05, 0.1) is 12.4 Å². The minimum absolute atomic E-state index is 0.116. The third kappa shape index (κ3) is 4.19. The molecule has 1 heterocycles. The van der Waals surface area contributed by atoms with E-state index >= 15 is 0 Å². The lowest BCUT2D eigenvalue weighted by Crippen LogP contribution is -2.33. The van der Waals surface area contributed by atoms with E-state index in [2.05, 4.69) is 34.4 Å². The lowest BCUT2D eigenvalue weighted by atomic mass is 10.2. The number of nitrogens with one attached hydrogen (secondary N) is 2. The molecule has 0 radical (unpaired) electrons. The highest BCUT2D eigenvalue weighted by atomic mass is 16.1. The molecule has 0 saturated heterocycles. The maximum Gasteiger partial charge on any atom is 0.271 e. The molecule has 0 atom stereocenters. The molecule has 1 amide bonds. The Hall–Kier alpha value is -1.65. The second kappa shape index (κ2) is 6.50. The van der Waals surface area contributed by atoms with Crippen LogP contribution in [0.4, 0.5) is 5.82 Å². The second-order valence-corrected chi connectivity index (χ2v) is 5.52. The third-order valence-corrected chi connectivity index (χ3v) is 3.27. The van der Waals surface area contributed by atoms with Crippen LogP contribution in [0.5, 0.6) is 0 Å². The molecule has 1 fully saturated rings. The fourth-order valence-electron chi connectivity index (χ4n) is 2.17. The van der Waals surface area contributed by atoms with Gasteiger partial charge in [-0.25, -0.2) is 9.97 Å². The average molecular weight is 262 g/mol. The van der Waals surface area contributed by atoms with Crippen molar-refractivity contribution in [2.75, 3.05) is 11.9 Å². The SMILES string of the molecule is CC(C)CNc1cnc(C(=O)NC2CCCC2)cn1. The lowest BCUT2D eigenvalue weighted by molar-refractivity contribution is 0.0932. The van der Waals surface area contributed by atoms with Crippen molar-refractivity contribution < 1.29 is 4.79 Å². The van der Waals surface area contributed by atoms with Crippen LogP contribution in [-0.4, -0.2) is 28.5 Å². The van der Waals surface area contributed by atoms with Crippen LogP contribution < -0.4 is 10.6 Å². The molecule has 1 aliphatic carbocycles. The summed E-state index contributed by atoms with van der Waals surface area (Å²) in [6, 6.07) is 0.313. The number of nitrogens with zero attached hydrogens (tertiary/aromatic N) is 2. The molecule has 104 valence electrons. The van der Waals surface area contributed by atoms with Gasteiger partial charge in [0, 0.05) is 12.6 Å². The van der Waals surface area contributed by atoms with Crippen molar-refractivity contribution in [3.8, 4) is 0 Å². The Morgan fingerprint density at radius 2 is 2.05 bits per heavy atom. The predicted molar refractivity (Wildman–Crippen MR) is 75.1 cm³/mol. The smallest absolute Gasteiger partial charge is 0.271 e. The normalized spacial score (nSPS) is 15.7. The van der Waals surface area contributed by atoms with Gasteiger partial charge in [-0.3, -0.25) is 4.79 Å². The summed E-state index contributed by atoms with van der Waals surface area (Å²) >= 11 is 0. The molecular formula is C14H22N4O. The molecular weight excluding hydrogens is 240 g/mol. The van der Waals surface area contributed by atoms with Crippen molar-refractivity contribution in [3.63, 3.8) is 0 Å². The highest BCUT2D eigenvalue weighted by Gasteiger charge is 2.18. The van der Waals surface area contributed by atoms with Gasteiger partial charge in [0.15, 0.2) is 0 Å². The van der Waals surface area contributed by atoms with E-state index in [1.54, 1.807) is 6.20 Å². The molecule has 2 rings (SSSR count). The summed E-state index contributed by atoms with van der Waals surface area (Å²) in [5.41, 5.74) is 0.391. The van der Waals surface area contributed by atoms with Crippen LogP contribution in [0.3, 0.4) is 0 Å². The fourth-order valence-corrected chi connectivity index (χ4v) is 2.17. The van der Waals surface area contributed by atoms with Gasteiger partial charge < -0.3 is 10.6 Å². The summed E-state index contributed by atoms with van der Waals surface area (Å²) in [7, 11) is 0. The van der Waals surface area contributed by atoms with Crippen LogP contribution in [0, 0.1) is 5.92 Å². The van der Waals surface area contributed by atoms with Gasteiger partial charge in [0.25, 0.3) is 5.91 Å². The van der Waals surface area contributed by atoms with Crippen LogP contribution in [-0.2, 0) is 0 Å². The van der Waals surface area contributed by atoms with E-state index in [0.717, 1.165) is 19.4 Å². The van der Waals surface area contributed by atoms with Crippen molar-refractivity contribution in [1.29, 1.82) is 0 Å². The quantitative estimate of drug-likeness (QED) is 0.854. The molecule has 5 nitrogen and oxygen atoms in total. The fraction of sp³-hybridized carbons (Fsp3) is 0.643. The van der Waals surface area contributed by atoms with E-state index in [1.165, 1.54) is 19.0 Å². The minimum Gasteiger partial charge on any atom is -0.369 e. The second-order valence-electron chi connectivity index (χ2n) is 5.52. The molecule has 5 heteroatoms. The zero-order valence-electron chi connectivity index (χ0n) is 11.6. The number of carbonyl (C=O) groups excluding carboxylic acids is 1. The van der Waals surface area contributed by atoms with Crippen molar-refractivity contribution in [1.82, 2.24) is 15.3 Å². The van der Waals surface area contributed by atoms with E-state index in [1.807, 2.05) is 0 Å². The van der Waals surface area contributed by atoms with Crippen molar-refractivity contribution in [3.05, 3.63) is 18.1 Å². The van der Waals surface area contributed by atoms with Gasteiger partial charge in [-0.15, -0.1) is 0 Å². The minimum atomic E-state index is -0.116. The van der Waals surface area contributed by atoms with Crippen molar-refractivity contribution >= 4 is 11.7 Å². The first-order chi connectivity index (χ1) is 9.15. The largest absolute Gasteiger partial charge is 0.369 e. The Balaban J connectivity index is 1.88. The zero-order valence-corrected chi connectivity index (χ0v) is 11.6. The standard InChI is InChI=1S/C14H22N4O/c1-10(2)7-16-13-9-15-12(8-17-13)14(19)18-11-5-3-4-6-11/h8-11H,3-7H2,1-2H3,(H,16,17)(H,18,19). The van der Waals surface area contributed by atoms with Crippen LogP contribution in [0.1, 0.15) is 50.0 Å². The first-order valence-corrected chi connectivity index (χ1v) is 7.02. The number of hydrogen-bond donors (Lipinski definition) is 2. The number of amides is 1. The van der Waals surface area contributed by atoms with Gasteiger partial charge in [0.1, 0.15) is 11.5 Å². The van der Waals surface area contributed by atoms with Gasteiger partial charge in [-0.05, 0) is 18.8 Å². The van der Waals surface area contributed by atoms with Crippen LogP contribution >= 0.6 is 0 Å². The zero-order chi connectivity index (χ0) is 13.7. The van der Waals surface area contributed by atoms with Gasteiger partial charge >= 0.3 is 0 Å². The molecule has 1 aliphatic rings. The number of anilines is 1. The molecule has 0 bridgehead atoms. The summed E-state index contributed by atoms with van der Waals surface area (Å²) in [5.74, 6) is 1.15. The molecule has 1 aromatic rings. The summed E-state index contributed by atoms with van der Waals surface area (Å²) in [5, 5.41) is 6.18. The topological polar surface area (TPSA) is 66.9 Å². The van der Waals surface area contributed by atoms with Crippen molar-refractivity contribution in [2.24, 2.45) is 5.92 Å². The van der Waals surface area contributed by atoms with Crippen LogP contribution in [0.2, 0.25) is 0 Å². The van der Waals surface area contributed by atoms with E-state index in [4.69, 9.17) is 0 Å². The molecule has 1 aromatic heterocycles. The van der Waals surface area contributed by atoms with Gasteiger partial charge in [-0.2, -0.15) is 0 Å². The number of rotatable bonds is 5. The Morgan fingerprint density at radius 1 is 1.32 bits per heavy atom.